The quantitative estimate of drug-likeness (QED) is 0.0900. The van der Waals surface area contributed by atoms with Gasteiger partial charge in [-0.05, 0) is 71.7 Å². The second kappa shape index (κ2) is 18.9. The highest BCUT2D eigenvalue weighted by molar-refractivity contribution is 5.93. The smallest absolute Gasteiger partial charge is 0.303 e. The van der Waals surface area contributed by atoms with Gasteiger partial charge in [-0.15, -0.1) is 0 Å². The summed E-state index contributed by atoms with van der Waals surface area (Å²) in [7, 11) is 0. The molecule has 0 aliphatic carbocycles. The number of anilines is 1. The fourth-order valence-electron chi connectivity index (χ4n) is 8.36. The number of amides is 2. The number of aliphatic hydroxyl groups excluding tert-OH is 1. The minimum atomic E-state index is -0.778. The van der Waals surface area contributed by atoms with E-state index in [1.165, 1.54) is 0 Å². The summed E-state index contributed by atoms with van der Waals surface area (Å²) in [5.41, 5.74) is 6.43. The molecule has 300 valence electrons. The Morgan fingerprint density at radius 1 is 0.789 bits per heavy atom. The molecule has 0 unspecified atom stereocenters. The molecule has 11 nitrogen and oxygen atoms in total. The Bertz CT molecular complexity index is 1950. The Labute approximate surface area is 335 Å². The first-order chi connectivity index (χ1) is 27.8. The van der Waals surface area contributed by atoms with Crippen LogP contribution >= 0.6 is 0 Å². The van der Waals surface area contributed by atoms with Crippen LogP contribution < -0.4 is 15.5 Å². The first-order valence-electron chi connectivity index (χ1n) is 20.3. The van der Waals surface area contributed by atoms with Crippen LogP contribution in [0.15, 0.2) is 103 Å². The summed E-state index contributed by atoms with van der Waals surface area (Å²) >= 11 is 0. The lowest BCUT2D eigenvalue weighted by Gasteiger charge is -2.45. The third kappa shape index (κ3) is 10.1. The zero-order valence-electron chi connectivity index (χ0n) is 32.5. The van der Waals surface area contributed by atoms with Gasteiger partial charge in [-0.1, -0.05) is 97.8 Å². The van der Waals surface area contributed by atoms with Crippen molar-refractivity contribution >= 4 is 23.5 Å². The van der Waals surface area contributed by atoms with Crippen LogP contribution in [0.4, 0.5) is 5.69 Å². The average Bonchev–Trinajstić information content (AvgIpc) is 3.56. The lowest BCUT2D eigenvalue weighted by Crippen LogP contribution is -2.57. The predicted molar refractivity (Wildman–Crippen MR) is 218 cm³/mol. The van der Waals surface area contributed by atoms with Gasteiger partial charge in [0, 0.05) is 56.7 Å². The molecule has 2 amide bonds. The van der Waals surface area contributed by atoms with E-state index in [1.807, 2.05) is 54.6 Å². The van der Waals surface area contributed by atoms with Crippen molar-refractivity contribution in [1.82, 2.24) is 15.5 Å². The van der Waals surface area contributed by atoms with Crippen LogP contribution in [0.1, 0.15) is 92.4 Å². The molecule has 0 radical (unpaired) electrons. The van der Waals surface area contributed by atoms with Gasteiger partial charge in [0.25, 0.3) is 0 Å². The molecular weight excluding hydrogens is 721 g/mol. The molecule has 7 rings (SSSR count). The van der Waals surface area contributed by atoms with E-state index in [2.05, 4.69) is 69.0 Å². The highest BCUT2D eigenvalue weighted by Gasteiger charge is 2.50. The van der Waals surface area contributed by atoms with Crippen molar-refractivity contribution in [2.24, 2.45) is 0 Å². The van der Waals surface area contributed by atoms with Gasteiger partial charge in [0.2, 0.25) is 11.8 Å². The molecule has 3 atom stereocenters. The number of piperidine rings is 1. The van der Waals surface area contributed by atoms with Crippen molar-refractivity contribution in [2.75, 3.05) is 31.2 Å². The fourth-order valence-corrected chi connectivity index (χ4v) is 8.36. The maximum Gasteiger partial charge on any atom is 0.303 e. The number of carbonyl (C=O) groups is 3. The van der Waals surface area contributed by atoms with E-state index in [0.717, 1.165) is 90.8 Å². The molecule has 11 heteroatoms. The highest BCUT2D eigenvalue weighted by atomic mass is 16.7. The molecule has 3 aliphatic heterocycles. The Kier molecular flexibility index (Phi) is 13.3. The summed E-state index contributed by atoms with van der Waals surface area (Å²) in [5.74, 6) is -0.673. The lowest BCUT2D eigenvalue weighted by molar-refractivity contribution is -0.253. The van der Waals surface area contributed by atoms with E-state index in [4.69, 9.17) is 14.6 Å². The number of carbonyl (C=O) groups excluding carboxylic acids is 2. The molecule has 3 saturated heterocycles. The Balaban J connectivity index is 0.982. The average molecular weight is 775 g/mol. The number of nitrogens with zero attached hydrogens (tertiary/aromatic N) is 2. The monoisotopic (exact) mass is 774 g/mol. The van der Waals surface area contributed by atoms with Crippen LogP contribution in [0, 0.1) is 0 Å². The molecule has 4 aromatic carbocycles. The molecule has 0 saturated carbocycles. The zero-order chi connectivity index (χ0) is 39.6. The summed E-state index contributed by atoms with van der Waals surface area (Å²) in [5, 5.41) is 24.5. The standard InChI is InChI=1S/C46H54N4O7/c51-31-33-15-17-36(18-16-33)41-28-40(30-49-25-23-46(24-26-49)45(55)48-32-50(46)39-11-4-3-5-12-39)56-44(57-41)37-21-19-35(20-22-37)38-10-8-9-34(27-38)29-47-42(52)13-6-1-2-7-14-43(53)54/h3-5,8-12,15-22,27,40-41,44,51H,1-2,6-7,13-14,23-26,28-32H2,(H,47,52)(H,48,55)(H,53,54)/t40-,41+,44+/m0/s1. The minimum Gasteiger partial charge on any atom is -0.481 e. The topological polar surface area (TPSA) is 141 Å². The van der Waals surface area contributed by atoms with E-state index >= 15 is 0 Å². The third-order valence-corrected chi connectivity index (χ3v) is 11.6. The molecule has 57 heavy (non-hydrogen) atoms. The lowest BCUT2D eigenvalue weighted by atomic mass is 9.85. The van der Waals surface area contributed by atoms with Crippen molar-refractivity contribution in [3.8, 4) is 11.1 Å². The van der Waals surface area contributed by atoms with Crippen LogP contribution in [0.2, 0.25) is 0 Å². The van der Waals surface area contributed by atoms with Gasteiger partial charge >= 0.3 is 5.97 Å². The van der Waals surface area contributed by atoms with E-state index in [-0.39, 0.29) is 37.0 Å². The Morgan fingerprint density at radius 2 is 1.51 bits per heavy atom. The molecule has 0 aromatic heterocycles. The van der Waals surface area contributed by atoms with Crippen LogP contribution in [-0.2, 0) is 37.0 Å². The molecule has 1 spiro atoms. The largest absolute Gasteiger partial charge is 0.481 e. The van der Waals surface area contributed by atoms with E-state index < -0.39 is 17.8 Å². The number of ether oxygens (including phenoxy) is 2. The van der Waals surface area contributed by atoms with Gasteiger partial charge in [0.15, 0.2) is 6.29 Å². The second-order valence-electron chi connectivity index (χ2n) is 15.5. The normalized spacial score (nSPS) is 20.7. The molecule has 0 bridgehead atoms. The van der Waals surface area contributed by atoms with Crippen LogP contribution in [0.3, 0.4) is 0 Å². The summed E-state index contributed by atoms with van der Waals surface area (Å²) in [6, 6.07) is 34.5. The number of hydrogen-bond acceptors (Lipinski definition) is 8. The number of likely N-dealkylation sites (tertiary alicyclic amines) is 1. The Hall–Kier alpha value is -5.07. The first kappa shape index (κ1) is 40.1. The number of unbranched alkanes of at least 4 members (excludes halogenated alkanes) is 3. The third-order valence-electron chi connectivity index (χ3n) is 11.6. The van der Waals surface area contributed by atoms with E-state index in [9.17, 15) is 19.5 Å². The number of nitrogens with one attached hydrogen (secondary N) is 2. The fraction of sp³-hybridized carbons (Fsp3) is 0.413. The number of carboxylic acid groups (broad SMARTS) is 1. The first-order valence-corrected chi connectivity index (χ1v) is 20.3. The molecule has 4 N–H and O–H groups in total. The van der Waals surface area contributed by atoms with Crippen molar-refractivity contribution in [3.05, 3.63) is 125 Å². The van der Waals surface area contributed by atoms with Crippen LogP contribution in [-0.4, -0.2) is 70.8 Å². The van der Waals surface area contributed by atoms with Gasteiger partial charge < -0.3 is 40.1 Å². The van der Waals surface area contributed by atoms with Crippen molar-refractivity contribution in [3.63, 3.8) is 0 Å². The predicted octanol–water partition coefficient (Wildman–Crippen LogP) is 6.86. The number of benzene rings is 4. The van der Waals surface area contributed by atoms with Crippen LogP contribution in [0.5, 0.6) is 0 Å². The van der Waals surface area contributed by atoms with Crippen molar-refractivity contribution in [1.29, 1.82) is 0 Å². The summed E-state index contributed by atoms with van der Waals surface area (Å²) in [4.78, 5) is 41.0. The van der Waals surface area contributed by atoms with E-state index in [1.54, 1.807) is 0 Å². The van der Waals surface area contributed by atoms with E-state index in [0.29, 0.717) is 32.5 Å². The van der Waals surface area contributed by atoms with Crippen LogP contribution in [0.25, 0.3) is 11.1 Å². The molecule has 4 aromatic rings. The Morgan fingerprint density at radius 3 is 2.23 bits per heavy atom. The second-order valence-corrected chi connectivity index (χ2v) is 15.5. The SMILES string of the molecule is O=C(O)CCCCCCC(=O)NCc1cccc(-c2ccc([C@@H]3O[C@H](CN4CCC5(CC4)C(=O)NCN5c4ccccc4)C[C@H](c4ccc(CO)cc4)O3)cc2)c1. The van der Waals surface area contributed by atoms with Gasteiger partial charge in [-0.2, -0.15) is 0 Å². The molecular formula is C46H54N4O7. The summed E-state index contributed by atoms with van der Waals surface area (Å²) in [6.45, 7) is 3.23. The number of aliphatic hydroxyl groups is 1. The summed E-state index contributed by atoms with van der Waals surface area (Å²) in [6.07, 6.45) is 4.93. The highest BCUT2D eigenvalue weighted by Crippen LogP contribution is 2.40. The molecule has 3 heterocycles. The van der Waals surface area contributed by atoms with Gasteiger partial charge in [-0.3, -0.25) is 14.4 Å². The minimum absolute atomic E-state index is 0.00320. The molecule has 3 aliphatic rings. The maximum atomic E-state index is 13.3. The number of hydrogen-bond donors (Lipinski definition) is 4. The zero-order valence-corrected chi connectivity index (χ0v) is 32.5. The number of aliphatic carboxylic acids is 1. The van der Waals surface area contributed by atoms with Crippen molar-refractivity contribution < 1.29 is 34.1 Å². The number of para-hydroxylation sites is 1. The van der Waals surface area contributed by atoms with Crippen molar-refractivity contribution in [2.45, 2.75) is 95.0 Å². The van der Waals surface area contributed by atoms with Gasteiger partial charge in [-0.25, -0.2) is 0 Å². The maximum absolute atomic E-state index is 13.3. The van der Waals surface area contributed by atoms with Gasteiger partial charge in [0.05, 0.1) is 25.5 Å². The molecule has 3 fully saturated rings. The summed E-state index contributed by atoms with van der Waals surface area (Å²) < 4.78 is 13.4. The van der Waals surface area contributed by atoms with Gasteiger partial charge in [0.1, 0.15) is 5.54 Å². The number of rotatable bonds is 16. The number of carboxylic acids is 1.